The summed E-state index contributed by atoms with van der Waals surface area (Å²) >= 11 is 2.75. The fourth-order valence-electron chi connectivity index (χ4n) is 2.60. The quantitative estimate of drug-likeness (QED) is 0.516. The number of thiazole rings is 1. The standard InChI is InChI=1S/C19H20N4OS2/c1-11-5-6-15(12(2)7-11)16-9-25-19(22-16)23-17(24)10-26-18-20-13(3)8-14(4)21-18/h5-9H,10H2,1-4H3,(H,22,23,24). The number of rotatable bonds is 5. The van der Waals surface area contributed by atoms with Crippen LogP contribution in [0.15, 0.2) is 34.8 Å². The second kappa shape index (κ2) is 7.97. The molecule has 3 aromatic rings. The Labute approximate surface area is 161 Å². The number of aryl methyl sites for hydroxylation is 4. The summed E-state index contributed by atoms with van der Waals surface area (Å²) in [4.78, 5) is 25.4. The maximum Gasteiger partial charge on any atom is 0.236 e. The van der Waals surface area contributed by atoms with Gasteiger partial charge in [-0.05, 0) is 39.3 Å². The molecular weight excluding hydrogens is 364 g/mol. The number of carbonyl (C=O) groups excluding carboxylic acids is 1. The van der Waals surface area contributed by atoms with Crippen molar-refractivity contribution < 1.29 is 4.79 Å². The molecule has 0 unspecified atom stereocenters. The predicted octanol–water partition coefficient (Wildman–Crippen LogP) is 4.56. The van der Waals surface area contributed by atoms with Gasteiger partial charge in [0.05, 0.1) is 11.4 Å². The Morgan fingerprint density at radius 2 is 1.81 bits per heavy atom. The molecule has 1 N–H and O–H groups in total. The van der Waals surface area contributed by atoms with E-state index in [-0.39, 0.29) is 11.7 Å². The van der Waals surface area contributed by atoms with Gasteiger partial charge in [-0.3, -0.25) is 4.79 Å². The molecule has 0 spiro atoms. The molecule has 5 nitrogen and oxygen atoms in total. The molecule has 0 aliphatic rings. The molecule has 0 saturated heterocycles. The molecule has 7 heteroatoms. The number of nitrogens with zero attached hydrogens (tertiary/aromatic N) is 3. The van der Waals surface area contributed by atoms with Gasteiger partial charge in [0.25, 0.3) is 0 Å². The topological polar surface area (TPSA) is 67.8 Å². The van der Waals surface area contributed by atoms with Crippen molar-refractivity contribution in [1.29, 1.82) is 0 Å². The molecule has 1 amide bonds. The van der Waals surface area contributed by atoms with Crippen LogP contribution in [0.2, 0.25) is 0 Å². The van der Waals surface area contributed by atoms with Crippen molar-refractivity contribution in [3.05, 3.63) is 52.2 Å². The molecular formula is C19H20N4OS2. The lowest BCUT2D eigenvalue weighted by atomic mass is 10.0. The summed E-state index contributed by atoms with van der Waals surface area (Å²) < 4.78 is 0. The van der Waals surface area contributed by atoms with E-state index in [0.717, 1.165) is 22.6 Å². The number of hydrogen-bond acceptors (Lipinski definition) is 6. The molecule has 0 atom stereocenters. The summed E-state index contributed by atoms with van der Waals surface area (Å²) in [5.74, 6) is 0.140. The van der Waals surface area contributed by atoms with Gasteiger partial charge in [0, 0.05) is 22.3 Å². The summed E-state index contributed by atoms with van der Waals surface area (Å²) in [6, 6.07) is 8.18. The van der Waals surface area contributed by atoms with Crippen molar-refractivity contribution in [2.24, 2.45) is 0 Å². The molecule has 0 radical (unpaired) electrons. The van der Waals surface area contributed by atoms with Crippen LogP contribution in [-0.4, -0.2) is 26.6 Å². The van der Waals surface area contributed by atoms with Crippen molar-refractivity contribution in [2.45, 2.75) is 32.9 Å². The molecule has 0 aliphatic carbocycles. The first-order valence-electron chi connectivity index (χ1n) is 8.19. The van der Waals surface area contributed by atoms with Crippen LogP contribution in [0.5, 0.6) is 0 Å². The number of anilines is 1. The van der Waals surface area contributed by atoms with Gasteiger partial charge in [-0.1, -0.05) is 35.5 Å². The highest BCUT2D eigenvalue weighted by Crippen LogP contribution is 2.28. The van der Waals surface area contributed by atoms with Crippen LogP contribution in [0.1, 0.15) is 22.5 Å². The maximum absolute atomic E-state index is 12.2. The monoisotopic (exact) mass is 384 g/mol. The number of carbonyl (C=O) groups is 1. The minimum atomic E-state index is -0.112. The number of hydrogen-bond donors (Lipinski definition) is 1. The zero-order valence-corrected chi connectivity index (χ0v) is 16.8. The number of benzene rings is 1. The van der Waals surface area contributed by atoms with Crippen molar-refractivity contribution >= 4 is 34.1 Å². The molecule has 0 saturated carbocycles. The van der Waals surface area contributed by atoms with Gasteiger partial charge >= 0.3 is 0 Å². The first kappa shape index (κ1) is 18.5. The van der Waals surface area contributed by atoms with Crippen LogP contribution in [0.25, 0.3) is 11.3 Å². The van der Waals surface area contributed by atoms with E-state index in [1.807, 2.05) is 25.3 Å². The zero-order valence-electron chi connectivity index (χ0n) is 15.2. The van der Waals surface area contributed by atoms with Crippen LogP contribution >= 0.6 is 23.1 Å². The maximum atomic E-state index is 12.2. The van der Waals surface area contributed by atoms with Crippen LogP contribution < -0.4 is 5.32 Å². The number of thioether (sulfide) groups is 1. The Morgan fingerprint density at radius 3 is 2.50 bits per heavy atom. The molecule has 2 aromatic heterocycles. The average molecular weight is 385 g/mol. The van der Waals surface area contributed by atoms with Crippen LogP contribution in [-0.2, 0) is 4.79 Å². The fraction of sp³-hybridized carbons (Fsp3) is 0.263. The summed E-state index contributed by atoms with van der Waals surface area (Å²) in [6.45, 7) is 7.98. The Bertz CT molecular complexity index is 932. The number of amides is 1. The number of nitrogens with one attached hydrogen (secondary N) is 1. The van der Waals surface area contributed by atoms with Gasteiger partial charge in [-0.15, -0.1) is 11.3 Å². The van der Waals surface area contributed by atoms with Crippen LogP contribution in [0.3, 0.4) is 0 Å². The van der Waals surface area contributed by atoms with E-state index in [4.69, 9.17) is 0 Å². The van der Waals surface area contributed by atoms with E-state index >= 15 is 0 Å². The molecule has 2 heterocycles. The van der Waals surface area contributed by atoms with E-state index in [1.165, 1.54) is 34.2 Å². The third-order valence-corrected chi connectivity index (χ3v) is 5.31. The van der Waals surface area contributed by atoms with Crippen LogP contribution in [0.4, 0.5) is 5.13 Å². The van der Waals surface area contributed by atoms with E-state index in [1.54, 1.807) is 0 Å². The average Bonchev–Trinajstić information content (AvgIpc) is 3.00. The Balaban J connectivity index is 1.62. The van der Waals surface area contributed by atoms with Crippen LogP contribution in [0, 0.1) is 27.7 Å². The summed E-state index contributed by atoms with van der Waals surface area (Å²) in [5.41, 5.74) is 6.17. The SMILES string of the molecule is Cc1ccc(-c2csc(NC(=O)CSc3nc(C)cc(C)n3)n2)c(C)c1. The molecule has 0 fully saturated rings. The second-order valence-electron chi connectivity index (χ2n) is 6.13. The Morgan fingerprint density at radius 1 is 1.08 bits per heavy atom. The molecule has 0 aliphatic heterocycles. The van der Waals surface area contributed by atoms with Crippen molar-refractivity contribution in [2.75, 3.05) is 11.1 Å². The first-order valence-corrected chi connectivity index (χ1v) is 10.1. The van der Waals surface area contributed by atoms with Crippen molar-refractivity contribution in [3.8, 4) is 11.3 Å². The predicted molar refractivity (Wildman–Crippen MR) is 108 cm³/mol. The van der Waals surface area contributed by atoms with Gasteiger partial charge < -0.3 is 5.32 Å². The molecule has 26 heavy (non-hydrogen) atoms. The third kappa shape index (κ3) is 4.68. The Hall–Kier alpha value is -2.25. The number of aromatic nitrogens is 3. The van der Waals surface area contributed by atoms with E-state index in [0.29, 0.717) is 10.3 Å². The van der Waals surface area contributed by atoms with Gasteiger partial charge in [-0.2, -0.15) is 0 Å². The normalized spacial score (nSPS) is 10.8. The van der Waals surface area contributed by atoms with E-state index in [9.17, 15) is 4.79 Å². The minimum Gasteiger partial charge on any atom is -0.301 e. The van der Waals surface area contributed by atoms with Crippen molar-refractivity contribution in [1.82, 2.24) is 15.0 Å². The van der Waals surface area contributed by atoms with Gasteiger partial charge in [0.2, 0.25) is 5.91 Å². The summed E-state index contributed by atoms with van der Waals surface area (Å²) in [7, 11) is 0. The van der Waals surface area contributed by atoms with Gasteiger partial charge in [-0.25, -0.2) is 15.0 Å². The highest BCUT2D eigenvalue weighted by atomic mass is 32.2. The lowest BCUT2D eigenvalue weighted by molar-refractivity contribution is -0.113. The van der Waals surface area contributed by atoms with Gasteiger partial charge in [0.1, 0.15) is 0 Å². The zero-order chi connectivity index (χ0) is 18.7. The lowest BCUT2D eigenvalue weighted by Crippen LogP contribution is -2.14. The minimum absolute atomic E-state index is 0.112. The Kier molecular flexibility index (Phi) is 5.68. The smallest absolute Gasteiger partial charge is 0.236 e. The first-order chi connectivity index (χ1) is 12.4. The summed E-state index contributed by atoms with van der Waals surface area (Å²) in [5, 5.41) is 6.04. The lowest BCUT2D eigenvalue weighted by Gasteiger charge is -2.04. The van der Waals surface area contributed by atoms with E-state index < -0.39 is 0 Å². The van der Waals surface area contributed by atoms with Gasteiger partial charge in [0.15, 0.2) is 10.3 Å². The van der Waals surface area contributed by atoms with E-state index in [2.05, 4.69) is 52.3 Å². The van der Waals surface area contributed by atoms with Crippen molar-refractivity contribution in [3.63, 3.8) is 0 Å². The highest BCUT2D eigenvalue weighted by molar-refractivity contribution is 7.99. The molecule has 0 bridgehead atoms. The third-order valence-electron chi connectivity index (χ3n) is 3.70. The molecule has 3 rings (SSSR count). The summed E-state index contributed by atoms with van der Waals surface area (Å²) in [6.07, 6.45) is 0. The molecule has 134 valence electrons. The molecule has 1 aromatic carbocycles. The fourth-order valence-corrected chi connectivity index (χ4v) is 4.08. The second-order valence-corrected chi connectivity index (χ2v) is 7.93. The highest BCUT2D eigenvalue weighted by Gasteiger charge is 2.11. The largest absolute Gasteiger partial charge is 0.301 e.